The van der Waals surface area contributed by atoms with Gasteiger partial charge >= 0.3 is 12.1 Å². The second-order valence-corrected chi connectivity index (χ2v) is 10.4. The van der Waals surface area contributed by atoms with Crippen LogP contribution in [0.1, 0.15) is 23.6 Å². The van der Waals surface area contributed by atoms with Crippen molar-refractivity contribution in [3.63, 3.8) is 0 Å². The lowest BCUT2D eigenvalue weighted by Gasteiger charge is -2.29. The van der Waals surface area contributed by atoms with Crippen LogP contribution in [0.25, 0.3) is 0 Å². The molecule has 0 saturated heterocycles. The van der Waals surface area contributed by atoms with E-state index in [9.17, 15) is 18.0 Å². The molecule has 0 heterocycles. The topological polar surface area (TPSA) is 122 Å². The number of hydrogen-bond donors (Lipinski definition) is 2. The molecule has 1 atom stereocenters. The van der Waals surface area contributed by atoms with Crippen molar-refractivity contribution in [3.8, 4) is 11.5 Å². The molecule has 0 aliphatic heterocycles. The maximum atomic E-state index is 12.8. The first-order valence-electron chi connectivity index (χ1n) is 11.5. The predicted octanol–water partition coefficient (Wildman–Crippen LogP) is 4.68. The van der Waals surface area contributed by atoms with E-state index in [-0.39, 0.29) is 19.0 Å². The molecule has 1 amide bonds. The molecule has 0 aliphatic rings. The first-order valence-corrected chi connectivity index (χ1v) is 13.4. The quantitative estimate of drug-likeness (QED) is 0.372. The number of benzene rings is 3. The Morgan fingerprint density at radius 1 is 1.00 bits per heavy atom. The highest BCUT2D eigenvalue weighted by Crippen LogP contribution is 2.31. The summed E-state index contributed by atoms with van der Waals surface area (Å²) in [4.78, 5) is 25.4. The van der Waals surface area contributed by atoms with Gasteiger partial charge in [0.25, 0.3) is 0 Å². The number of aliphatic carboxylic acids is 1. The number of carboxylic acid groups (broad SMARTS) is 1. The Hall–Kier alpha value is -4.05. The average Bonchev–Trinajstić information content (AvgIpc) is 2.83. The van der Waals surface area contributed by atoms with Crippen LogP contribution in [0.5, 0.6) is 11.5 Å². The van der Waals surface area contributed by atoms with Gasteiger partial charge < -0.3 is 19.5 Å². The van der Waals surface area contributed by atoms with Gasteiger partial charge in [0.05, 0.1) is 26.3 Å². The number of nitrogens with one attached hydrogen (secondary N) is 1. The summed E-state index contributed by atoms with van der Waals surface area (Å²) in [5.74, 6) is -0.173. The van der Waals surface area contributed by atoms with E-state index in [0.717, 1.165) is 11.8 Å². The number of ether oxygens (including phenoxy) is 2. The monoisotopic (exact) mass is 526 g/mol. The van der Waals surface area contributed by atoms with E-state index in [1.54, 1.807) is 47.4 Å². The van der Waals surface area contributed by atoms with E-state index < -0.39 is 22.1 Å². The second kappa shape index (κ2) is 12.3. The van der Waals surface area contributed by atoms with Gasteiger partial charge in [-0.1, -0.05) is 42.5 Å². The van der Waals surface area contributed by atoms with Crippen LogP contribution in [0.4, 0.5) is 10.5 Å². The average molecular weight is 527 g/mol. The smallest absolute Gasteiger partial charge is 0.410 e. The largest absolute Gasteiger partial charge is 0.481 e. The van der Waals surface area contributed by atoms with Crippen LogP contribution < -0.4 is 9.46 Å². The molecule has 3 rings (SSSR count). The van der Waals surface area contributed by atoms with Gasteiger partial charge in [-0.05, 0) is 54.8 Å². The summed E-state index contributed by atoms with van der Waals surface area (Å²) in [6, 6.07) is 20.9. The van der Waals surface area contributed by atoms with E-state index in [0.29, 0.717) is 34.7 Å². The van der Waals surface area contributed by atoms with E-state index in [1.165, 1.54) is 7.11 Å². The Kier molecular flexibility index (Phi) is 9.13. The molecule has 10 heteroatoms. The van der Waals surface area contributed by atoms with Crippen LogP contribution in [-0.2, 0) is 38.9 Å². The molecule has 196 valence electrons. The third-order valence-electron chi connectivity index (χ3n) is 5.50. The minimum atomic E-state index is -3.54. The highest BCUT2D eigenvalue weighted by Gasteiger charge is 2.24. The number of nitrogens with zero attached hydrogens (tertiary/aromatic N) is 1. The molecular weight excluding hydrogens is 496 g/mol. The van der Waals surface area contributed by atoms with Crippen LogP contribution in [-0.4, -0.2) is 49.9 Å². The number of amides is 1. The molecule has 0 spiro atoms. The zero-order valence-electron chi connectivity index (χ0n) is 20.9. The summed E-state index contributed by atoms with van der Waals surface area (Å²) in [6.07, 6.45) is 0.923. The van der Waals surface area contributed by atoms with Gasteiger partial charge in [0, 0.05) is 17.3 Å². The van der Waals surface area contributed by atoms with Crippen molar-refractivity contribution in [1.82, 2.24) is 4.90 Å². The van der Waals surface area contributed by atoms with Crippen LogP contribution in [0, 0.1) is 0 Å². The molecular formula is C27H30N2O7S. The van der Waals surface area contributed by atoms with Crippen molar-refractivity contribution in [2.45, 2.75) is 32.4 Å². The van der Waals surface area contributed by atoms with Crippen LogP contribution in [0.2, 0.25) is 0 Å². The highest BCUT2D eigenvalue weighted by molar-refractivity contribution is 7.92. The number of sulfonamides is 1. The lowest BCUT2D eigenvalue weighted by molar-refractivity contribution is -0.136. The fourth-order valence-corrected chi connectivity index (χ4v) is 4.42. The van der Waals surface area contributed by atoms with Gasteiger partial charge in [-0.2, -0.15) is 0 Å². The summed E-state index contributed by atoms with van der Waals surface area (Å²) in [5, 5.41) is 9.10. The van der Waals surface area contributed by atoms with Crippen LogP contribution >= 0.6 is 0 Å². The minimum Gasteiger partial charge on any atom is -0.481 e. The molecule has 1 unspecified atom stereocenters. The highest BCUT2D eigenvalue weighted by atomic mass is 32.2. The van der Waals surface area contributed by atoms with Crippen molar-refractivity contribution >= 4 is 27.8 Å². The first kappa shape index (κ1) is 27.5. The molecule has 0 bridgehead atoms. The van der Waals surface area contributed by atoms with Crippen LogP contribution in [0.3, 0.4) is 0 Å². The normalized spacial score (nSPS) is 11.9. The Bertz CT molecular complexity index is 1340. The van der Waals surface area contributed by atoms with Crippen molar-refractivity contribution in [1.29, 1.82) is 0 Å². The Labute approximate surface area is 216 Å². The zero-order valence-corrected chi connectivity index (χ0v) is 21.7. The summed E-state index contributed by atoms with van der Waals surface area (Å²) < 4.78 is 37.2. The summed E-state index contributed by atoms with van der Waals surface area (Å²) in [5.41, 5.74) is 2.45. The molecule has 9 nitrogen and oxygen atoms in total. The van der Waals surface area contributed by atoms with Crippen LogP contribution in [0.15, 0.2) is 72.8 Å². The molecule has 0 saturated carbocycles. The molecule has 0 fully saturated rings. The maximum absolute atomic E-state index is 12.8. The fourth-order valence-electron chi connectivity index (χ4n) is 3.87. The summed E-state index contributed by atoms with van der Waals surface area (Å²) in [7, 11) is -2.24. The summed E-state index contributed by atoms with van der Waals surface area (Å²) in [6.45, 7) is 1.97. The molecule has 0 radical (unpaired) electrons. The molecule has 3 aromatic rings. The van der Waals surface area contributed by atoms with Crippen molar-refractivity contribution in [2.75, 3.05) is 18.1 Å². The predicted molar refractivity (Wildman–Crippen MR) is 140 cm³/mol. The maximum Gasteiger partial charge on any atom is 0.410 e. The minimum absolute atomic E-state index is 0.0735. The van der Waals surface area contributed by atoms with Crippen molar-refractivity contribution in [3.05, 3.63) is 89.5 Å². The Morgan fingerprint density at radius 2 is 1.70 bits per heavy atom. The third kappa shape index (κ3) is 8.53. The Morgan fingerprint density at radius 3 is 2.35 bits per heavy atom. The Balaban J connectivity index is 1.96. The van der Waals surface area contributed by atoms with Gasteiger partial charge in [0.2, 0.25) is 10.0 Å². The van der Waals surface area contributed by atoms with Gasteiger partial charge in [0.15, 0.2) is 0 Å². The van der Waals surface area contributed by atoms with E-state index in [2.05, 4.69) is 4.72 Å². The van der Waals surface area contributed by atoms with Gasteiger partial charge in [-0.3, -0.25) is 9.52 Å². The third-order valence-corrected chi connectivity index (χ3v) is 6.11. The molecule has 3 aromatic carbocycles. The van der Waals surface area contributed by atoms with Crippen molar-refractivity contribution in [2.24, 2.45) is 0 Å². The van der Waals surface area contributed by atoms with E-state index >= 15 is 0 Å². The number of carbonyl (C=O) groups is 2. The fraction of sp³-hybridized carbons (Fsp3) is 0.259. The lowest BCUT2D eigenvalue weighted by atomic mass is 10.0. The van der Waals surface area contributed by atoms with E-state index in [4.69, 9.17) is 14.6 Å². The van der Waals surface area contributed by atoms with Gasteiger partial charge in [0.1, 0.15) is 11.5 Å². The number of carboxylic acids is 1. The lowest BCUT2D eigenvalue weighted by Crippen LogP contribution is -2.39. The van der Waals surface area contributed by atoms with Gasteiger partial charge in [-0.25, -0.2) is 13.2 Å². The standard InChI is InChI=1S/C27H30N2O7S/c1-19(14-20-8-5-4-6-9-20)29(27(32)35-2)18-22-17-23(28-37(3,33)34)12-13-25(22)36-24-11-7-10-21(15-24)16-26(30)31/h4-13,15,17,19,28H,14,16,18H2,1-3H3,(H,30,31). The first-order chi connectivity index (χ1) is 17.5. The number of hydrogen-bond acceptors (Lipinski definition) is 6. The van der Waals surface area contributed by atoms with E-state index in [1.807, 2.05) is 37.3 Å². The molecule has 37 heavy (non-hydrogen) atoms. The molecule has 0 aromatic heterocycles. The molecule has 0 aliphatic carbocycles. The summed E-state index contributed by atoms with van der Waals surface area (Å²) >= 11 is 0. The van der Waals surface area contributed by atoms with Crippen molar-refractivity contribution < 1.29 is 32.6 Å². The second-order valence-electron chi connectivity index (χ2n) is 8.65. The number of rotatable bonds is 11. The number of anilines is 1. The van der Waals surface area contributed by atoms with Gasteiger partial charge in [-0.15, -0.1) is 0 Å². The molecule has 2 N–H and O–H groups in total. The number of carbonyl (C=O) groups excluding carboxylic acids is 1. The number of methoxy groups -OCH3 is 1. The zero-order chi connectivity index (χ0) is 27.0. The SMILES string of the molecule is COC(=O)N(Cc1cc(NS(C)(=O)=O)ccc1Oc1cccc(CC(=O)O)c1)C(C)Cc1ccccc1.